The maximum absolute atomic E-state index is 14.3. The minimum Gasteiger partial charge on any atom is -0.310 e. The molecule has 0 atom stereocenters. The fourth-order valence-corrected chi connectivity index (χ4v) is 5.40. The van der Waals surface area contributed by atoms with Gasteiger partial charge in [-0.05, 0) is 36.8 Å². The van der Waals surface area contributed by atoms with Gasteiger partial charge in [-0.1, -0.05) is 30.8 Å². The van der Waals surface area contributed by atoms with Gasteiger partial charge < -0.3 is 4.57 Å². The van der Waals surface area contributed by atoms with Gasteiger partial charge in [0.25, 0.3) is 5.91 Å². The van der Waals surface area contributed by atoms with Crippen molar-refractivity contribution in [1.29, 1.82) is 0 Å². The van der Waals surface area contributed by atoms with Crippen LogP contribution in [0.25, 0.3) is 10.2 Å². The van der Waals surface area contributed by atoms with Crippen molar-refractivity contribution in [2.45, 2.75) is 31.2 Å². The summed E-state index contributed by atoms with van der Waals surface area (Å²) >= 11 is 0.979. The number of unbranched alkanes of at least 4 members (excludes halogenated alkanes) is 1. The fourth-order valence-electron chi connectivity index (χ4n) is 3.11. The van der Waals surface area contributed by atoms with Crippen LogP contribution in [0.4, 0.5) is 8.78 Å². The normalized spacial score (nSPS) is 12.6. The summed E-state index contributed by atoms with van der Waals surface area (Å²) in [6.45, 7) is 6.19. The van der Waals surface area contributed by atoms with Gasteiger partial charge >= 0.3 is 0 Å². The van der Waals surface area contributed by atoms with Crippen LogP contribution in [-0.4, -0.2) is 36.8 Å². The minimum atomic E-state index is -3.65. The van der Waals surface area contributed by atoms with E-state index in [9.17, 15) is 22.0 Å². The van der Waals surface area contributed by atoms with Crippen LogP contribution in [0.3, 0.4) is 0 Å². The van der Waals surface area contributed by atoms with Crippen LogP contribution < -0.4 is 4.80 Å². The SMILES string of the molecule is C=CCn1c(=NC(=O)c2ccc(S(=O)(=O)N(C)CCCC)cc2)sc2cc(F)cc(F)c21. The largest absolute Gasteiger partial charge is 0.310 e. The number of thiazole rings is 1. The predicted octanol–water partition coefficient (Wildman–Crippen LogP) is 4.33. The lowest BCUT2D eigenvalue weighted by Gasteiger charge is -2.16. The molecule has 0 saturated heterocycles. The number of carbonyl (C=O) groups excluding carboxylic acids is 1. The van der Waals surface area contributed by atoms with Crippen LogP contribution >= 0.6 is 11.3 Å². The van der Waals surface area contributed by atoms with Crippen LogP contribution in [0.5, 0.6) is 0 Å². The van der Waals surface area contributed by atoms with E-state index >= 15 is 0 Å². The molecule has 3 rings (SSSR count). The zero-order valence-electron chi connectivity index (χ0n) is 17.7. The smallest absolute Gasteiger partial charge is 0.279 e. The zero-order chi connectivity index (χ0) is 23.5. The molecule has 170 valence electrons. The van der Waals surface area contributed by atoms with Crippen molar-refractivity contribution in [1.82, 2.24) is 8.87 Å². The summed E-state index contributed by atoms with van der Waals surface area (Å²) in [6.07, 6.45) is 3.14. The molecule has 0 unspecified atom stereocenters. The predicted molar refractivity (Wildman–Crippen MR) is 121 cm³/mol. The van der Waals surface area contributed by atoms with Gasteiger partial charge in [-0.3, -0.25) is 4.79 Å². The van der Waals surface area contributed by atoms with Crippen LogP contribution in [-0.2, 0) is 16.6 Å². The summed E-state index contributed by atoms with van der Waals surface area (Å²) in [4.78, 5) is 17.0. The molecule has 0 aliphatic carbocycles. The summed E-state index contributed by atoms with van der Waals surface area (Å²) in [6, 6.07) is 7.45. The lowest BCUT2D eigenvalue weighted by atomic mass is 10.2. The first-order valence-electron chi connectivity index (χ1n) is 9.93. The van der Waals surface area contributed by atoms with Gasteiger partial charge in [0, 0.05) is 31.8 Å². The molecular formula is C22H23F2N3O3S2. The molecular weight excluding hydrogens is 456 g/mol. The molecule has 0 aliphatic rings. The molecule has 1 amide bonds. The number of halogens is 2. The Hall–Kier alpha value is -2.69. The van der Waals surface area contributed by atoms with Crippen molar-refractivity contribution >= 4 is 37.5 Å². The molecule has 1 aromatic heterocycles. The first kappa shape index (κ1) is 24.0. The van der Waals surface area contributed by atoms with Crippen molar-refractivity contribution < 1.29 is 22.0 Å². The van der Waals surface area contributed by atoms with E-state index in [4.69, 9.17) is 0 Å². The van der Waals surface area contributed by atoms with Gasteiger partial charge in [-0.2, -0.15) is 4.99 Å². The summed E-state index contributed by atoms with van der Waals surface area (Å²) in [5.41, 5.74) is 0.314. The Balaban J connectivity index is 1.97. The molecule has 2 aromatic carbocycles. The molecule has 32 heavy (non-hydrogen) atoms. The number of nitrogens with zero attached hydrogens (tertiary/aromatic N) is 3. The third-order valence-corrected chi connectivity index (χ3v) is 7.74. The van der Waals surface area contributed by atoms with E-state index in [1.165, 1.54) is 52.3 Å². The quantitative estimate of drug-likeness (QED) is 0.452. The van der Waals surface area contributed by atoms with Gasteiger partial charge in [-0.15, -0.1) is 6.58 Å². The van der Waals surface area contributed by atoms with Crippen molar-refractivity contribution in [3.05, 3.63) is 71.1 Å². The number of hydrogen-bond donors (Lipinski definition) is 0. The Morgan fingerprint density at radius 1 is 1.25 bits per heavy atom. The number of aromatic nitrogens is 1. The van der Waals surface area contributed by atoms with Crippen LogP contribution in [0.2, 0.25) is 0 Å². The summed E-state index contributed by atoms with van der Waals surface area (Å²) < 4.78 is 56.2. The molecule has 0 bridgehead atoms. The number of carbonyl (C=O) groups is 1. The highest BCUT2D eigenvalue weighted by atomic mass is 32.2. The van der Waals surface area contributed by atoms with Gasteiger partial charge in [0.15, 0.2) is 10.6 Å². The van der Waals surface area contributed by atoms with E-state index < -0.39 is 27.6 Å². The third-order valence-electron chi connectivity index (χ3n) is 4.84. The Morgan fingerprint density at radius 2 is 1.94 bits per heavy atom. The zero-order valence-corrected chi connectivity index (χ0v) is 19.3. The fraction of sp³-hybridized carbons (Fsp3) is 0.273. The first-order chi connectivity index (χ1) is 15.2. The summed E-state index contributed by atoms with van der Waals surface area (Å²) in [7, 11) is -2.14. The van der Waals surface area contributed by atoms with E-state index in [1.807, 2.05) is 6.92 Å². The Labute approximate surface area is 189 Å². The number of hydrogen-bond acceptors (Lipinski definition) is 4. The summed E-state index contributed by atoms with van der Waals surface area (Å²) in [5.74, 6) is -2.10. The highest BCUT2D eigenvalue weighted by molar-refractivity contribution is 7.89. The number of fused-ring (bicyclic) bond motifs is 1. The Morgan fingerprint density at radius 3 is 2.56 bits per heavy atom. The third kappa shape index (κ3) is 4.87. The summed E-state index contributed by atoms with van der Waals surface area (Å²) in [5, 5.41) is 0. The second-order valence-corrected chi connectivity index (χ2v) is 10.2. The second-order valence-electron chi connectivity index (χ2n) is 7.14. The lowest BCUT2D eigenvalue weighted by molar-refractivity contribution is 0.0997. The molecule has 0 fully saturated rings. The van der Waals surface area contributed by atoms with Crippen molar-refractivity contribution in [2.75, 3.05) is 13.6 Å². The Kier molecular flexibility index (Phi) is 7.37. The monoisotopic (exact) mass is 479 g/mol. The average Bonchev–Trinajstić information content (AvgIpc) is 3.09. The second kappa shape index (κ2) is 9.85. The number of rotatable bonds is 8. The lowest BCUT2D eigenvalue weighted by Crippen LogP contribution is -2.27. The van der Waals surface area contributed by atoms with Gasteiger partial charge in [0.2, 0.25) is 10.0 Å². The van der Waals surface area contributed by atoms with Gasteiger partial charge in [-0.25, -0.2) is 21.5 Å². The van der Waals surface area contributed by atoms with Gasteiger partial charge in [0.05, 0.1) is 15.1 Å². The topological polar surface area (TPSA) is 71.7 Å². The van der Waals surface area contributed by atoms with E-state index in [2.05, 4.69) is 11.6 Å². The van der Waals surface area contributed by atoms with Crippen molar-refractivity contribution in [3.8, 4) is 0 Å². The standard InChI is InChI=1S/C22H23F2N3O3S2/c1-4-6-12-26(3)32(29,30)17-9-7-15(8-10-17)21(28)25-22-27(11-5-2)20-18(24)13-16(23)14-19(20)31-22/h5,7-10,13-14H,2,4,6,11-12H2,1,3H3. The van der Waals surface area contributed by atoms with Gasteiger partial charge in [0.1, 0.15) is 5.82 Å². The molecule has 0 radical (unpaired) electrons. The van der Waals surface area contributed by atoms with E-state index in [-0.39, 0.29) is 27.3 Å². The highest BCUT2D eigenvalue weighted by Crippen LogP contribution is 2.23. The molecule has 10 heteroatoms. The van der Waals surface area contributed by atoms with Crippen molar-refractivity contribution in [3.63, 3.8) is 0 Å². The van der Waals surface area contributed by atoms with Crippen LogP contribution in [0.1, 0.15) is 30.1 Å². The number of sulfonamides is 1. The number of amides is 1. The first-order valence-corrected chi connectivity index (χ1v) is 12.2. The molecule has 3 aromatic rings. The van der Waals surface area contributed by atoms with E-state index in [0.717, 1.165) is 30.2 Å². The highest BCUT2D eigenvalue weighted by Gasteiger charge is 2.20. The van der Waals surface area contributed by atoms with Crippen LogP contribution in [0.15, 0.2) is 58.9 Å². The van der Waals surface area contributed by atoms with E-state index in [1.54, 1.807) is 0 Å². The van der Waals surface area contributed by atoms with E-state index in [0.29, 0.717) is 11.2 Å². The molecule has 6 nitrogen and oxygen atoms in total. The maximum Gasteiger partial charge on any atom is 0.279 e. The Bertz CT molecular complexity index is 1330. The molecule has 1 heterocycles. The van der Waals surface area contributed by atoms with Crippen molar-refractivity contribution in [2.24, 2.45) is 4.99 Å². The average molecular weight is 480 g/mol. The number of allylic oxidation sites excluding steroid dienone is 1. The molecule has 0 saturated carbocycles. The van der Waals surface area contributed by atoms with Crippen LogP contribution in [0, 0.1) is 11.6 Å². The molecule has 0 spiro atoms. The molecule has 0 aliphatic heterocycles. The maximum atomic E-state index is 14.3. The molecule has 0 N–H and O–H groups in total. The number of benzene rings is 2. The minimum absolute atomic E-state index is 0.0776.